The average Bonchev–Trinajstić information content (AvgIpc) is 2.42. The van der Waals surface area contributed by atoms with Crippen LogP contribution in [0.5, 0.6) is 0 Å². The van der Waals surface area contributed by atoms with E-state index < -0.39 is 0 Å². The Labute approximate surface area is 128 Å². The first-order chi connectivity index (χ1) is 9.97. The minimum Gasteiger partial charge on any atom is -0.355 e. The number of halogens is 1. The van der Waals surface area contributed by atoms with E-state index in [0.29, 0.717) is 28.4 Å². The number of amides is 1. The summed E-state index contributed by atoms with van der Waals surface area (Å²) in [6.07, 6.45) is 2.59. The number of rotatable bonds is 5. The SMILES string of the molecule is CC(C)CCNC(=O)Cn1ccc(=O)c2cc(Cl)ccc21. The van der Waals surface area contributed by atoms with Gasteiger partial charge in [0, 0.05) is 29.2 Å². The van der Waals surface area contributed by atoms with Crippen LogP contribution >= 0.6 is 11.6 Å². The van der Waals surface area contributed by atoms with Crippen molar-refractivity contribution in [1.82, 2.24) is 9.88 Å². The molecule has 1 N–H and O–H groups in total. The number of hydrogen-bond acceptors (Lipinski definition) is 2. The minimum absolute atomic E-state index is 0.0597. The van der Waals surface area contributed by atoms with Gasteiger partial charge in [0.2, 0.25) is 5.91 Å². The molecule has 4 nitrogen and oxygen atoms in total. The van der Waals surface area contributed by atoms with Gasteiger partial charge >= 0.3 is 0 Å². The van der Waals surface area contributed by atoms with E-state index in [1.54, 1.807) is 29.0 Å². The van der Waals surface area contributed by atoms with Crippen molar-refractivity contribution >= 4 is 28.4 Å². The molecule has 0 aliphatic carbocycles. The van der Waals surface area contributed by atoms with Gasteiger partial charge in [-0.2, -0.15) is 0 Å². The van der Waals surface area contributed by atoms with E-state index >= 15 is 0 Å². The van der Waals surface area contributed by atoms with Crippen LogP contribution in [0.15, 0.2) is 35.3 Å². The van der Waals surface area contributed by atoms with Gasteiger partial charge in [0.05, 0.1) is 5.52 Å². The lowest BCUT2D eigenvalue weighted by Crippen LogP contribution is -2.29. The summed E-state index contributed by atoms with van der Waals surface area (Å²) >= 11 is 5.92. The summed E-state index contributed by atoms with van der Waals surface area (Å²) in [5.41, 5.74) is 0.620. The third-order valence-corrected chi connectivity index (χ3v) is 3.53. The summed E-state index contributed by atoms with van der Waals surface area (Å²) < 4.78 is 1.76. The lowest BCUT2D eigenvalue weighted by Gasteiger charge is -2.12. The Hall–Kier alpha value is -1.81. The Morgan fingerprint density at radius 3 is 2.81 bits per heavy atom. The first-order valence-corrected chi connectivity index (χ1v) is 7.40. The lowest BCUT2D eigenvalue weighted by atomic mass is 10.1. The molecule has 0 aliphatic rings. The second kappa shape index (κ2) is 6.76. The Morgan fingerprint density at radius 2 is 2.10 bits per heavy atom. The molecule has 0 saturated carbocycles. The molecular weight excluding hydrogens is 288 g/mol. The van der Waals surface area contributed by atoms with E-state index in [1.807, 2.05) is 0 Å². The van der Waals surface area contributed by atoms with E-state index in [0.717, 1.165) is 6.42 Å². The summed E-state index contributed by atoms with van der Waals surface area (Å²) in [5.74, 6) is 0.497. The van der Waals surface area contributed by atoms with Crippen LogP contribution in [-0.2, 0) is 11.3 Å². The number of aromatic nitrogens is 1. The van der Waals surface area contributed by atoms with Gasteiger partial charge < -0.3 is 9.88 Å². The highest BCUT2D eigenvalue weighted by Gasteiger charge is 2.07. The first kappa shape index (κ1) is 15.6. The molecule has 1 heterocycles. The smallest absolute Gasteiger partial charge is 0.239 e. The normalized spacial score (nSPS) is 11.0. The van der Waals surface area contributed by atoms with Gasteiger partial charge in [0.25, 0.3) is 0 Å². The van der Waals surface area contributed by atoms with Gasteiger partial charge in [-0.15, -0.1) is 0 Å². The van der Waals surface area contributed by atoms with Gasteiger partial charge in [-0.3, -0.25) is 9.59 Å². The van der Waals surface area contributed by atoms with Crippen molar-refractivity contribution in [2.45, 2.75) is 26.8 Å². The van der Waals surface area contributed by atoms with Crippen LogP contribution in [0, 0.1) is 5.92 Å². The summed E-state index contributed by atoms with van der Waals surface area (Å²) in [4.78, 5) is 23.8. The first-order valence-electron chi connectivity index (χ1n) is 7.03. The summed E-state index contributed by atoms with van der Waals surface area (Å²) in [7, 11) is 0. The largest absolute Gasteiger partial charge is 0.355 e. The lowest BCUT2D eigenvalue weighted by molar-refractivity contribution is -0.121. The van der Waals surface area contributed by atoms with E-state index in [-0.39, 0.29) is 17.9 Å². The fourth-order valence-electron chi connectivity index (χ4n) is 2.13. The molecule has 0 saturated heterocycles. The van der Waals surface area contributed by atoms with Crippen molar-refractivity contribution in [2.24, 2.45) is 5.92 Å². The van der Waals surface area contributed by atoms with Crippen LogP contribution in [0.4, 0.5) is 0 Å². The molecule has 0 fully saturated rings. The number of carbonyl (C=O) groups excluding carboxylic acids is 1. The predicted molar refractivity (Wildman–Crippen MR) is 85.7 cm³/mol. The van der Waals surface area contributed by atoms with E-state index in [9.17, 15) is 9.59 Å². The Bertz CT molecular complexity index is 707. The van der Waals surface area contributed by atoms with Gasteiger partial charge in [0.1, 0.15) is 6.54 Å². The Kier molecular flexibility index (Phi) is 5.02. The van der Waals surface area contributed by atoms with E-state index in [1.165, 1.54) is 6.07 Å². The van der Waals surface area contributed by atoms with Crippen LogP contribution in [0.3, 0.4) is 0 Å². The topological polar surface area (TPSA) is 51.1 Å². The fourth-order valence-corrected chi connectivity index (χ4v) is 2.30. The monoisotopic (exact) mass is 306 g/mol. The molecule has 0 unspecified atom stereocenters. The van der Waals surface area contributed by atoms with Gasteiger partial charge in [0.15, 0.2) is 5.43 Å². The molecule has 1 amide bonds. The predicted octanol–water partition coefficient (Wildman–Crippen LogP) is 2.82. The third kappa shape index (κ3) is 4.08. The summed E-state index contributed by atoms with van der Waals surface area (Å²) in [6, 6.07) is 6.57. The average molecular weight is 307 g/mol. The molecule has 112 valence electrons. The quantitative estimate of drug-likeness (QED) is 0.923. The van der Waals surface area contributed by atoms with E-state index in [4.69, 9.17) is 11.6 Å². The maximum Gasteiger partial charge on any atom is 0.239 e. The maximum absolute atomic E-state index is 12.0. The summed E-state index contributed by atoms with van der Waals surface area (Å²) in [5, 5.41) is 3.93. The molecule has 0 bridgehead atoms. The van der Waals surface area contributed by atoms with Crippen LogP contribution in [0.1, 0.15) is 20.3 Å². The molecule has 5 heteroatoms. The molecular formula is C16H19ClN2O2. The highest BCUT2D eigenvalue weighted by Crippen LogP contribution is 2.16. The number of fused-ring (bicyclic) bond motifs is 1. The number of nitrogens with one attached hydrogen (secondary N) is 1. The standard InChI is InChI=1S/C16H19ClN2O2/c1-11(2)5-7-18-16(21)10-19-8-6-15(20)13-9-12(17)3-4-14(13)19/h3-4,6,8-9,11H,5,7,10H2,1-2H3,(H,18,21). The molecule has 1 aromatic carbocycles. The van der Waals surface area contributed by atoms with Crippen molar-refractivity contribution < 1.29 is 4.79 Å². The number of hydrogen-bond donors (Lipinski definition) is 1. The zero-order valence-electron chi connectivity index (χ0n) is 12.2. The van der Waals surface area contributed by atoms with Crippen LogP contribution < -0.4 is 10.7 Å². The molecule has 0 radical (unpaired) electrons. The minimum atomic E-state index is -0.0936. The zero-order valence-corrected chi connectivity index (χ0v) is 13.0. The molecule has 2 aromatic rings. The summed E-state index contributed by atoms with van der Waals surface area (Å²) in [6.45, 7) is 5.09. The van der Waals surface area contributed by atoms with Gasteiger partial charge in [-0.05, 0) is 30.5 Å². The zero-order chi connectivity index (χ0) is 15.4. The third-order valence-electron chi connectivity index (χ3n) is 3.30. The van der Waals surface area contributed by atoms with Crippen LogP contribution in [-0.4, -0.2) is 17.0 Å². The molecule has 1 aromatic heterocycles. The molecule has 0 aliphatic heterocycles. The Balaban J connectivity index is 2.17. The van der Waals surface area contributed by atoms with Gasteiger partial charge in [-0.25, -0.2) is 0 Å². The second-order valence-corrected chi connectivity index (χ2v) is 5.94. The number of benzene rings is 1. The second-order valence-electron chi connectivity index (χ2n) is 5.50. The number of nitrogens with zero attached hydrogens (tertiary/aromatic N) is 1. The molecule has 21 heavy (non-hydrogen) atoms. The number of pyridine rings is 1. The highest BCUT2D eigenvalue weighted by atomic mass is 35.5. The van der Waals surface area contributed by atoms with Crippen molar-refractivity contribution in [3.8, 4) is 0 Å². The van der Waals surface area contributed by atoms with Crippen LogP contribution in [0.2, 0.25) is 5.02 Å². The van der Waals surface area contributed by atoms with Crippen molar-refractivity contribution in [1.29, 1.82) is 0 Å². The molecule has 2 rings (SSSR count). The Morgan fingerprint density at radius 1 is 1.33 bits per heavy atom. The van der Waals surface area contributed by atoms with Gasteiger partial charge in [-0.1, -0.05) is 25.4 Å². The van der Waals surface area contributed by atoms with Crippen LogP contribution in [0.25, 0.3) is 10.9 Å². The van der Waals surface area contributed by atoms with Crippen molar-refractivity contribution in [3.63, 3.8) is 0 Å². The van der Waals surface area contributed by atoms with Crippen molar-refractivity contribution in [2.75, 3.05) is 6.54 Å². The molecule has 0 spiro atoms. The van der Waals surface area contributed by atoms with E-state index in [2.05, 4.69) is 19.2 Å². The number of carbonyl (C=O) groups is 1. The van der Waals surface area contributed by atoms with Crippen molar-refractivity contribution in [3.05, 3.63) is 45.7 Å². The highest BCUT2D eigenvalue weighted by molar-refractivity contribution is 6.31. The maximum atomic E-state index is 12.0. The molecule has 0 atom stereocenters. The fraction of sp³-hybridized carbons (Fsp3) is 0.375.